The molecule has 0 saturated carbocycles. The number of nitrogens with zero attached hydrogens (tertiary/aromatic N) is 2. The van der Waals surface area contributed by atoms with E-state index in [-0.39, 0.29) is 5.91 Å². The number of benzene rings is 2. The lowest BCUT2D eigenvalue weighted by atomic mass is 10.1. The van der Waals surface area contributed by atoms with Gasteiger partial charge < -0.3 is 4.74 Å². The Balaban J connectivity index is 1.74. The molecule has 1 atom stereocenters. The van der Waals surface area contributed by atoms with Gasteiger partial charge in [0.05, 0.1) is 5.56 Å². The van der Waals surface area contributed by atoms with Gasteiger partial charge in [-0.3, -0.25) is 10.1 Å². The zero-order valence-corrected chi connectivity index (χ0v) is 15.6. The summed E-state index contributed by atoms with van der Waals surface area (Å²) in [5, 5.41) is 12.6. The Labute approximate surface area is 157 Å². The predicted octanol–water partition coefficient (Wildman–Crippen LogP) is 5.49. The van der Waals surface area contributed by atoms with Crippen molar-refractivity contribution in [3.63, 3.8) is 0 Å². The molecule has 6 heteroatoms. The van der Waals surface area contributed by atoms with E-state index in [4.69, 9.17) is 4.74 Å². The maximum atomic E-state index is 12.7. The molecule has 2 aromatic carbocycles. The minimum absolute atomic E-state index is 0.262. The number of nitrogens with one attached hydrogen (secondary N) is 1. The first kappa shape index (κ1) is 18.1. The lowest BCUT2D eigenvalue weighted by Gasteiger charge is -2.10. The lowest BCUT2D eigenvalue weighted by Crippen LogP contribution is -2.12. The van der Waals surface area contributed by atoms with Crippen LogP contribution in [0.1, 0.15) is 48.0 Å². The van der Waals surface area contributed by atoms with Gasteiger partial charge in [0.15, 0.2) is 0 Å². The number of hydrogen-bond donors (Lipinski definition) is 1. The van der Waals surface area contributed by atoms with Crippen molar-refractivity contribution < 1.29 is 9.53 Å². The van der Waals surface area contributed by atoms with Crippen LogP contribution in [0.2, 0.25) is 0 Å². The van der Waals surface area contributed by atoms with Crippen molar-refractivity contribution in [1.29, 1.82) is 0 Å². The number of amides is 1. The summed E-state index contributed by atoms with van der Waals surface area (Å²) in [6.45, 7) is 4.27. The van der Waals surface area contributed by atoms with Crippen LogP contribution in [-0.4, -0.2) is 16.1 Å². The third kappa shape index (κ3) is 4.46. The fourth-order valence-electron chi connectivity index (χ4n) is 2.56. The van der Waals surface area contributed by atoms with Gasteiger partial charge in [-0.2, -0.15) is 0 Å². The molecule has 0 aliphatic rings. The summed E-state index contributed by atoms with van der Waals surface area (Å²) in [7, 11) is 0. The summed E-state index contributed by atoms with van der Waals surface area (Å²) >= 11 is 1.42. The molecule has 26 heavy (non-hydrogen) atoms. The Morgan fingerprint density at radius 2 is 1.85 bits per heavy atom. The highest BCUT2D eigenvalue weighted by Gasteiger charge is 2.17. The van der Waals surface area contributed by atoms with E-state index in [1.54, 1.807) is 12.1 Å². The van der Waals surface area contributed by atoms with E-state index in [0.717, 1.165) is 17.8 Å². The molecule has 0 aliphatic carbocycles. The van der Waals surface area contributed by atoms with Gasteiger partial charge >= 0.3 is 0 Å². The van der Waals surface area contributed by atoms with Crippen LogP contribution < -0.4 is 10.1 Å². The second-order valence-electron chi connectivity index (χ2n) is 6.00. The molecule has 0 spiro atoms. The molecule has 5 nitrogen and oxygen atoms in total. The third-order valence-electron chi connectivity index (χ3n) is 3.91. The molecule has 1 N–H and O–H groups in total. The third-order valence-corrected chi connectivity index (χ3v) is 4.98. The average molecular weight is 367 g/mol. The molecule has 1 heterocycles. The summed E-state index contributed by atoms with van der Waals surface area (Å²) in [6, 6.07) is 16.5. The van der Waals surface area contributed by atoms with Crippen LogP contribution in [0.15, 0.2) is 54.6 Å². The van der Waals surface area contributed by atoms with E-state index in [1.165, 1.54) is 11.3 Å². The number of aromatic nitrogens is 2. The fraction of sp³-hybridized carbons (Fsp3) is 0.250. The quantitative estimate of drug-likeness (QED) is 0.600. The summed E-state index contributed by atoms with van der Waals surface area (Å²) in [5.41, 5.74) is 0.453. The topological polar surface area (TPSA) is 64.1 Å². The summed E-state index contributed by atoms with van der Waals surface area (Å²) in [4.78, 5) is 12.7. The Morgan fingerprint density at radius 1 is 1.12 bits per heavy atom. The Hall–Kier alpha value is -2.73. The maximum Gasteiger partial charge on any atom is 0.261 e. The number of carbonyl (C=O) groups excluding carboxylic acids is 1. The van der Waals surface area contributed by atoms with Crippen molar-refractivity contribution in [3.8, 4) is 11.5 Å². The summed E-state index contributed by atoms with van der Waals surface area (Å²) in [5.74, 6) is 1.26. The fourth-order valence-corrected chi connectivity index (χ4v) is 3.39. The van der Waals surface area contributed by atoms with E-state index in [9.17, 15) is 4.79 Å². The largest absolute Gasteiger partial charge is 0.457 e. The lowest BCUT2D eigenvalue weighted by molar-refractivity contribution is 0.102. The van der Waals surface area contributed by atoms with Crippen LogP contribution in [0.25, 0.3) is 0 Å². The van der Waals surface area contributed by atoms with Crippen LogP contribution >= 0.6 is 11.3 Å². The summed E-state index contributed by atoms with van der Waals surface area (Å²) < 4.78 is 5.85. The van der Waals surface area contributed by atoms with Crippen molar-refractivity contribution in [1.82, 2.24) is 10.2 Å². The molecule has 0 saturated heterocycles. The first-order chi connectivity index (χ1) is 12.7. The van der Waals surface area contributed by atoms with Crippen LogP contribution in [0.3, 0.4) is 0 Å². The molecular formula is C20H21N3O2S. The number of para-hydroxylation sites is 2. The van der Waals surface area contributed by atoms with Gasteiger partial charge in [0.1, 0.15) is 16.5 Å². The monoisotopic (exact) mass is 367 g/mol. The Kier molecular flexibility index (Phi) is 5.96. The highest BCUT2D eigenvalue weighted by molar-refractivity contribution is 7.15. The Morgan fingerprint density at radius 3 is 2.62 bits per heavy atom. The second kappa shape index (κ2) is 8.58. The van der Waals surface area contributed by atoms with Gasteiger partial charge in [0, 0.05) is 5.92 Å². The van der Waals surface area contributed by atoms with Gasteiger partial charge in [-0.05, 0) is 30.7 Å². The van der Waals surface area contributed by atoms with Crippen molar-refractivity contribution in [2.45, 2.75) is 32.6 Å². The Bertz CT molecular complexity index is 864. The highest BCUT2D eigenvalue weighted by atomic mass is 32.1. The van der Waals surface area contributed by atoms with Gasteiger partial charge in [-0.15, -0.1) is 10.2 Å². The highest BCUT2D eigenvalue weighted by Crippen LogP contribution is 2.28. The molecule has 1 aromatic heterocycles. The number of ether oxygens (including phenoxy) is 1. The van der Waals surface area contributed by atoms with Crippen LogP contribution in [0.5, 0.6) is 11.5 Å². The van der Waals surface area contributed by atoms with Crippen LogP contribution in [0.4, 0.5) is 5.13 Å². The van der Waals surface area contributed by atoms with Crippen LogP contribution in [-0.2, 0) is 0 Å². The molecule has 0 fully saturated rings. The number of hydrogen-bond acceptors (Lipinski definition) is 5. The summed E-state index contributed by atoms with van der Waals surface area (Å²) in [6.07, 6.45) is 2.14. The number of rotatable bonds is 7. The van der Waals surface area contributed by atoms with E-state index >= 15 is 0 Å². The molecule has 3 aromatic rings. The number of carbonyl (C=O) groups is 1. The predicted molar refractivity (Wildman–Crippen MR) is 104 cm³/mol. The molecule has 0 unspecified atom stereocenters. The van der Waals surface area contributed by atoms with E-state index in [2.05, 4.69) is 29.4 Å². The van der Waals surface area contributed by atoms with E-state index in [0.29, 0.717) is 28.1 Å². The minimum atomic E-state index is -0.262. The van der Waals surface area contributed by atoms with Gasteiger partial charge in [-0.25, -0.2) is 0 Å². The molecule has 3 rings (SSSR count). The van der Waals surface area contributed by atoms with Gasteiger partial charge in [-0.1, -0.05) is 61.9 Å². The number of anilines is 1. The molecule has 134 valence electrons. The molecular weight excluding hydrogens is 346 g/mol. The van der Waals surface area contributed by atoms with Crippen molar-refractivity contribution >= 4 is 22.4 Å². The first-order valence-corrected chi connectivity index (χ1v) is 9.45. The maximum absolute atomic E-state index is 12.7. The second-order valence-corrected chi connectivity index (χ2v) is 7.01. The minimum Gasteiger partial charge on any atom is -0.457 e. The normalized spacial score (nSPS) is 11.8. The molecule has 0 bridgehead atoms. The smallest absolute Gasteiger partial charge is 0.261 e. The van der Waals surface area contributed by atoms with Crippen molar-refractivity contribution in [2.75, 3.05) is 5.32 Å². The van der Waals surface area contributed by atoms with E-state index in [1.807, 2.05) is 42.5 Å². The SMILES string of the molecule is CCC[C@@H](C)c1nnc(NC(=O)c2ccccc2Oc2ccccc2)s1. The zero-order chi connectivity index (χ0) is 18.4. The van der Waals surface area contributed by atoms with Gasteiger partial charge in [0.2, 0.25) is 5.13 Å². The average Bonchev–Trinajstić information content (AvgIpc) is 3.12. The molecule has 0 radical (unpaired) electrons. The van der Waals surface area contributed by atoms with E-state index < -0.39 is 0 Å². The molecule has 1 amide bonds. The van der Waals surface area contributed by atoms with Crippen LogP contribution in [0, 0.1) is 0 Å². The zero-order valence-electron chi connectivity index (χ0n) is 14.8. The molecule has 0 aliphatic heterocycles. The van der Waals surface area contributed by atoms with Crippen molar-refractivity contribution in [2.24, 2.45) is 0 Å². The van der Waals surface area contributed by atoms with Gasteiger partial charge in [0.25, 0.3) is 5.91 Å². The first-order valence-electron chi connectivity index (χ1n) is 8.64. The van der Waals surface area contributed by atoms with Crippen molar-refractivity contribution in [3.05, 3.63) is 65.2 Å². The standard InChI is InChI=1S/C20H21N3O2S/c1-3-9-14(2)19-22-23-20(26-19)21-18(24)16-12-7-8-13-17(16)25-15-10-5-4-6-11-15/h4-8,10-14H,3,9H2,1-2H3,(H,21,23,24)/t14-/m1/s1.